The number of nitrogens with zero attached hydrogens (tertiary/aromatic N) is 2. The Bertz CT molecular complexity index is 642. The van der Waals surface area contributed by atoms with Gasteiger partial charge in [0.15, 0.2) is 17.5 Å². The number of methoxy groups -OCH3 is 1. The summed E-state index contributed by atoms with van der Waals surface area (Å²) in [5.41, 5.74) is 6.08. The van der Waals surface area contributed by atoms with Crippen LogP contribution in [0.15, 0.2) is 24.5 Å². The van der Waals surface area contributed by atoms with Crippen molar-refractivity contribution in [1.29, 1.82) is 0 Å². The molecule has 2 rings (SSSR count). The first-order valence-corrected chi connectivity index (χ1v) is 6.37. The van der Waals surface area contributed by atoms with Gasteiger partial charge in [0.05, 0.1) is 12.6 Å². The maximum Gasteiger partial charge on any atom is 0.159 e. The third kappa shape index (κ3) is 3.56. The summed E-state index contributed by atoms with van der Waals surface area (Å²) >= 11 is 5.99. The molecule has 1 heterocycles. The van der Waals surface area contributed by atoms with Gasteiger partial charge in [-0.2, -0.15) is 0 Å². The first-order chi connectivity index (χ1) is 10.0. The minimum Gasteiger partial charge on any atom is -0.382 e. The molecule has 21 heavy (non-hydrogen) atoms. The lowest BCUT2D eigenvalue weighted by Gasteiger charge is -2.20. The lowest BCUT2D eigenvalue weighted by molar-refractivity contribution is 0.186. The molecule has 1 atom stereocenters. The molecular weight excluding hydrogens is 302 g/mol. The molecule has 1 aromatic heterocycles. The van der Waals surface area contributed by atoms with Crippen LogP contribution in [0, 0.1) is 11.6 Å². The Kier molecular flexibility index (Phi) is 4.87. The fourth-order valence-electron chi connectivity index (χ4n) is 1.77. The first-order valence-electron chi connectivity index (χ1n) is 5.99. The number of benzene rings is 1. The molecule has 0 saturated heterocycles. The van der Waals surface area contributed by atoms with Crippen molar-refractivity contribution in [1.82, 2.24) is 9.97 Å². The van der Waals surface area contributed by atoms with Crippen molar-refractivity contribution in [2.24, 2.45) is 0 Å². The quantitative estimate of drug-likeness (QED) is 0.888. The van der Waals surface area contributed by atoms with Crippen LogP contribution in [0.2, 0.25) is 5.02 Å². The highest BCUT2D eigenvalue weighted by Crippen LogP contribution is 2.28. The van der Waals surface area contributed by atoms with Gasteiger partial charge in [-0.05, 0) is 17.7 Å². The zero-order valence-corrected chi connectivity index (χ0v) is 11.9. The van der Waals surface area contributed by atoms with Crippen LogP contribution in [-0.2, 0) is 4.74 Å². The van der Waals surface area contributed by atoms with E-state index in [4.69, 9.17) is 22.1 Å². The summed E-state index contributed by atoms with van der Waals surface area (Å²) in [4.78, 5) is 7.71. The lowest BCUT2D eigenvalue weighted by Crippen LogP contribution is -2.18. The van der Waals surface area contributed by atoms with E-state index in [0.717, 1.165) is 12.1 Å². The summed E-state index contributed by atoms with van der Waals surface area (Å²) in [6, 6.07) is 3.11. The van der Waals surface area contributed by atoms with Crippen LogP contribution in [0.3, 0.4) is 0 Å². The Labute approximate surface area is 125 Å². The second kappa shape index (κ2) is 6.64. The van der Waals surface area contributed by atoms with E-state index in [1.165, 1.54) is 19.5 Å². The fraction of sp³-hybridized carbons (Fsp3) is 0.231. The van der Waals surface area contributed by atoms with Gasteiger partial charge in [-0.3, -0.25) is 0 Å². The SMILES string of the molecule is COCC(Nc1ncnc(N)c1Cl)c1ccc(F)c(F)c1. The van der Waals surface area contributed by atoms with Crippen molar-refractivity contribution >= 4 is 23.2 Å². The minimum atomic E-state index is -0.941. The summed E-state index contributed by atoms with van der Waals surface area (Å²) in [6.45, 7) is 0.200. The molecule has 1 unspecified atom stereocenters. The van der Waals surface area contributed by atoms with Crippen molar-refractivity contribution in [2.75, 3.05) is 24.8 Å². The number of hydrogen-bond acceptors (Lipinski definition) is 5. The Hall–Kier alpha value is -1.99. The van der Waals surface area contributed by atoms with Gasteiger partial charge in [-0.15, -0.1) is 0 Å². The van der Waals surface area contributed by atoms with Gasteiger partial charge in [-0.25, -0.2) is 18.7 Å². The third-order valence-electron chi connectivity index (χ3n) is 2.81. The van der Waals surface area contributed by atoms with E-state index in [1.807, 2.05) is 0 Å². The number of aromatic nitrogens is 2. The zero-order chi connectivity index (χ0) is 15.4. The van der Waals surface area contributed by atoms with Crippen LogP contribution in [0.4, 0.5) is 20.4 Å². The number of halogens is 3. The Morgan fingerprint density at radius 2 is 2.10 bits per heavy atom. The van der Waals surface area contributed by atoms with Gasteiger partial charge in [0.1, 0.15) is 17.2 Å². The first kappa shape index (κ1) is 15.4. The van der Waals surface area contributed by atoms with Crippen LogP contribution in [0.5, 0.6) is 0 Å². The van der Waals surface area contributed by atoms with Crippen LogP contribution in [-0.4, -0.2) is 23.7 Å². The summed E-state index contributed by atoms with van der Waals surface area (Å²) in [7, 11) is 1.49. The molecule has 112 valence electrons. The molecule has 1 aromatic carbocycles. The number of rotatable bonds is 5. The maximum absolute atomic E-state index is 13.3. The topological polar surface area (TPSA) is 73.1 Å². The second-order valence-corrected chi connectivity index (χ2v) is 4.63. The second-order valence-electron chi connectivity index (χ2n) is 4.25. The van der Waals surface area contributed by atoms with Crippen molar-refractivity contribution in [3.8, 4) is 0 Å². The van der Waals surface area contributed by atoms with E-state index >= 15 is 0 Å². The normalized spacial score (nSPS) is 12.2. The largest absolute Gasteiger partial charge is 0.382 e. The van der Waals surface area contributed by atoms with Crippen molar-refractivity contribution in [2.45, 2.75) is 6.04 Å². The zero-order valence-electron chi connectivity index (χ0n) is 11.1. The molecule has 8 heteroatoms. The monoisotopic (exact) mass is 314 g/mol. The standard InChI is InChI=1S/C13H13ClF2N4O/c1-21-5-10(7-2-3-8(15)9(16)4-7)20-13-11(14)12(17)18-6-19-13/h2-4,6,10H,5H2,1H3,(H3,17,18,19,20). The lowest BCUT2D eigenvalue weighted by atomic mass is 10.1. The molecule has 0 radical (unpaired) electrons. The highest BCUT2D eigenvalue weighted by atomic mass is 35.5. The summed E-state index contributed by atoms with van der Waals surface area (Å²) < 4.78 is 31.4. The number of hydrogen-bond donors (Lipinski definition) is 2. The number of nitrogens with two attached hydrogens (primary N) is 1. The van der Waals surface area contributed by atoms with Gasteiger partial charge < -0.3 is 15.8 Å². The van der Waals surface area contributed by atoms with Crippen LogP contribution < -0.4 is 11.1 Å². The van der Waals surface area contributed by atoms with E-state index < -0.39 is 17.7 Å². The highest BCUT2D eigenvalue weighted by Gasteiger charge is 2.17. The van der Waals surface area contributed by atoms with E-state index in [-0.39, 0.29) is 23.3 Å². The van der Waals surface area contributed by atoms with Crippen molar-refractivity contribution in [3.05, 3.63) is 46.7 Å². The average Bonchev–Trinajstić information content (AvgIpc) is 2.46. The minimum absolute atomic E-state index is 0.121. The molecule has 0 fully saturated rings. The number of nitrogens with one attached hydrogen (secondary N) is 1. The smallest absolute Gasteiger partial charge is 0.159 e. The average molecular weight is 315 g/mol. The molecule has 5 nitrogen and oxygen atoms in total. The molecule has 0 amide bonds. The molecule has 2 aromatic rings. The predicted octanol–water partition coefficient (Wildman–Crippen LogP) is 2.79. The maximum atomic E-state index is 13.3. The Balaban J connectivity index is 2.30. The molecule has 3 N–H and O–H groups in total. The fourth-order valence-corrected chi connectivity index (χ4v) is 1.92. The van der Waals surface area contributed by atoms with E-state index in [9.17, 15) is 8.78 Å². The van der Waals surface area contributed by atoms with Crippen LogP contribution in [0.25, 0.3) is 0 Å². The van der Waals surface area contributed by atoms with Crippen LogP contribution in [0.1, 0.15) is 11.6 Å². The number of nitrogen functional groups attached to an aromatic ring is 1. The van der Waals surface area contributed by atoms with Gasteiger partial charge in [0, 0.05) is 7.11 Å². The molecule has 0 aliphatic rings. The summed E-state index contributed by atoms with van der Waals surface area (Å²) in [5, 5.41) is 3.13. The summed E-state index contributed by atoms with van der Waals surface area (Å²) in [5.74, 6) is -1.45. The highest BCUT2D eigenvalue weighted by molar-refractivity contribution is 6.35. The van der Waals surface area contributed by atoms with E-state index in [0.29, 0.717) is 5.56 Å². The Morgan fingerprint density at radius 1 is 1.33 bits per heavy atom. The van der Waals surface area contributed by atoms with Crippen molar-refractivity contribution in [3.63, 3.8) is 0 Å². The molecular formula is C13H13ClF2N4O. The predicted molar refractivity (Wildman–Crippen MR) is 76.1 cm³/mol. The van der Waals surface area contributed by atoms with E-state index in [1.54, 1.807) is 0 Å². The third-order valence-corrected chi connectivity index (χ3v) is 3.18. The molecule has 0 bridgehead atoms. The Morgan fingerprint density at radius 3 is 2.76 bits per heavy atom. The van der Waals surface area contributed by atoms with E-state index in [2.05, 4.69) is 15.3 Å². The molecule has 0 spiro atoms. The number of ether oxygens (including phenoxy) is 1. The van der Waals surface area contributed by atoms with Crippen molar-refractivity contribution < 1.29 is 13.5 Å². The number of anilines is 2. The van der Waals surface area contributed by atoms with Crippen LogP contribution >= 0.6 is 11.6 Å². The van der Waals surface area contributed by atoms with Gasteiger partial charge >= 0.3 is 0 Å². The van der Waals surface area contributed by atoms with Gasteiger partial charge in [0.2, 0.25) is 0 Å². The molecule has 0 aliphatic carbocycles. The molecule has 0 aliphatic heterocycles. The summed E-state index contributed by atoms with van der Waals surface area (Å²) in [6.07, 6.45) is 1.25. The molecule has 0 saturated carbocycles. The van der Waals surface area contributed by atoms with Gasteiger partial charge in [0.25, 0.3) is 0 Å². The van der Waals surface area contributed by atoms with Gasteiger partial charge in [-0.1, -0.05) is 17.7 Å².